The van der Waals surface area contributed by atoms with E-state index in [4.69, 9.17) is 4.74 Å². The van der Waals surface area contributed by atoms with E-state index in [2.05, 4.69) is 19.6 Å². The van der Waals surface area contributed by atoms with Gasteiger partial charge in [-0.3, -0.25) is 5.32 Å². The summed E-state index contributed by atoms with van der Waals surface area (Å²) in [7, 11) is 1.53. The maximum absolute atomic E-state index is 12.9. The Morgan fingerprint density at radius 2 is 1.65 bits per heavy atom. The molecule has 0 unspecified atom stereocenters. The predicted molar refractivity (Wildman–Crippen MR) is 91.1 cm³/mol. The summed E-state index contributed by atoms with van der Waals surface area (Å²) >= 11 is 1.17. The highest BCUT2D eigenvalue weighted by Crippen LogP contribution is 2.31. The summed E-state index contributed by atoms with van der Waals surface area (Å²) in [5.41, 5.74) is 0. The first-order chi connectivity index (χ1) is 11.3. The Kier molecular flexibility index (Phi) is 5.70. The molecule has 2 amide bonds. The number of nitrogens with zero attached hydrogens (tertiary/aromatic N) is 3. The summed E-state index contributed by atoms with van der Waals surface area (Å²) < 4.78 is 9.04. The fourth-order valence-corrected chi connectivity index (χ4v) is 4.38. The van der Waals surface area contributed by atoms with Gasteiger partial charge in [0.05, 0.1) is 7.11 Å². The van der Waals surface area contributed by atoms with Crippen LogP contribution in [0.1, 0.15) is 64.2 Å². The lowest BCUT2D eigenvalue weighted by molar-refractivity contribution is 0.114. The summed E-state index contributed by atoms with van der Waals surface area (Å²) in [5, 5.41) is 3.46. The van der Waals surface area contributed by atoms with Crippen LogP contribution in [-0.2, 0) is 0 Å². The quantitative estimate of drug-likeness (QED) is 0.899. The van der Waals surface area contributed by atoms with Crippen LogP contribution in [0, 0.1) is 0 Å². The summed E-state index contributed by atoms with van der Waals surface area (Å²) in [4.78, 5) is 19.2. The van der Waals surface area contributed by atoms with Crippen molar-refractivity contribution in [2.45, 2.75) is 76.3 Å². The molecule has 0 saturated heterocycles. The summed E-state index contributed by atoms with van der Waals surface area (Å²) in [5.74, 6) is 0. The van der Waals surface area contributed by atoms with E-state index in [0.717, 1.165) is 25.7 Å². The first-order valence-electron chi connectivity index (χ1n) is 8.75. The monoisotopic (exact) mass is 338 g/mol. The summed E-state index contributed by atoms with van der Waals surface area (Å²) in [6.07, 6.45) is 12.0. The normalized spacial score (nSPS) is 20.2. The Labute approximate surface area is 141 Å². The van der Waals surface area contributed by atoms with Crippen LogP contribution in [0.3, 0.4) is 0 Å². The van der Waals surface area contributed by atoms with Crippen molar-refractivity contribution in [3.8, 4) is 6.01 Å². The number of urea groups is 1. The van der Waals surface area contributed by atoms with Gasteiger partial charge in [0, 0.05) is 23.6 Å². The van der Waals surface area contributed by atoms with Crippen molar-refractivity contribution in [3.05, 3.63) is 0 Å². The molecule has 0 bridgehead atoms. The van der Waals surface area contributed by atoms with Gasteiger partial charge in [-0.2, -0.15) is 4.98 Å². The molecule has 1 aromatic heterocycles. The molecule has 0 radical (unpaired) electrons. The van der Waals surface area contributed by atoms with E-state index in [9.17, 15) is 4.79 Å². The van der Waals surface area contributed by atoms with E-state index in [1.165, 1.54) is 57.2 Å². The zero-order valence-electron chi connectivity index (χ0n) is 13.8. The standard InChI is InChI=1S/C16H26N4O2S/c1-22-14-17-15(23-19-14)18-16(21)20(12-8-4-2-5-9-12)13-10-6-3-7-11-13/h12-13H,2-11H2,1H3,(H,17,18,19,21). The molecule has 0 atom stereocenters. The number of anilines is 1. The Balaban J connectivity index is 1.71. The van der Waals surface area contributed by atoms with Gasteiger partial charge in [0.2, 0.25) is 5.13 Å². The van der Waals surface area contributed by atoms with Crippen molar-refractivity contribution in [1.82, 2.24) is 14.3 Å². The lowest BCUT2D eigenvalue weighted by Crippen LogP contribution is -2.50. The van der Waals surface area contributed by atoms with Gasteiger partial charge in [0.15, 0.2) is 0 Å². The fourth-order valence-electron chi connectivity index (χ4n) is 3.85. The van der Waals surface area contributed by atoms with Gasteiger partial charge in [-0.25, -0.2) is 4.79 Å². The highest BCUT2D eigenvalue weighted by Gasteiger charge is 2.32. The van der Waals surface area contributed by atoms with Crippen LogP contribution in [0.15, 0.2) is 0 Å². The Hall–Kier alpha value is -1.37. The zero-order chi connectivity index (χ0) is 16.1. The smallest absolute Gasteiger partial charge is 0.329 e. The van der Waals surface area contributed by atoms with E-state index in [1.54, 1.807) is 0 Å². The number of nitrogens with one attached hydrogen (secondary N) is 1. The number of carbonyl (C=O) groups is 1. The molecule has 6 nitrogen and oxygen atoms in total. The molecule has 128 valence electrons. The van der Waals surface area contributed by atoms with Crippen molar-refractivity contribution in [2.24, 2.45) is 0 Å². The Bertz CT molecular complexity index is 492. The van der Waals surface area contributed by atoms with Gasteiger partial charge in [-0.05, 0) is 25.7 Å². The van der Waals surface area contributed by atoms with Crippen LogP contribution in [0.4, 0.5) is 9.93 Å². The van der Waals surface area contributed by atoms with E-state index in [1.807, 2.05) is 0 Å². The minimum absolute atomic E-state index is 0.0115. The molecule has 0 spiro atoms. The molecule has 23 heavy (non-hydrogen) atoms. The second kappa shape index (κ2) is 7.95. The third kappa shape index (κ3) is 4.13. The average Bonchev–Trinajstić information content (AvgIpc) is 3.04. The van der Waals surface area contributed by atoms with Gasteiger partial charge in [-0.1, -0.05) is 38.5 Å². The maximum Gasteiger partial charge on any atom is 0.329 e. The number of aromatic nitrogens is 2. The molecule has 1 heterocycles. The molecule has 2 saturated carbocycles. The molecule has 2 fully saturated rings. The number of hydrogen-bond donors (Lipinski definition) is 1. The highest BCUT2D eigenvalue weighted by atomic mass is 32.1. The van der Waals surface area contributed by atoms with Crippen LogP contribution in [0.2, 0.25) is 0 Å². The fraction of sp³-hybridized carbons (Fsp3) is 0.812. The molecule has 2 aliphatic carbocycles. The second-order valence-electron chi connectivity index (χ2n) is 6.51. The van der Waals surface area contributed by atoms with Crippen molar-refractivity contribution in [3.63, 3.8) is 0 Å². The van der Waals surface area contributed by atoms with E-state index >= 15 is 0 Å². The Morgan fingerprint density at radius 3 is 2.13 bits per heavy atom. The lowest BCUT2D eigenvalue weighted by Gasteiger charge is -2.41. The molecule has 1 N–H and O–H groups in total. The van der Waals surface area contributed by atoms with Crippen molar-refractivity contribution in [1.29, 1.82) is 0 Å². The van der Waals surface area contributed by atoms with Crippen LogP contribution >= 0.6 is 11.5 Å². The zero-order valence-corrected chi connectivity index (χ0v) is 14.6. The third-order valence-electron chi connectivity index (χ3n) is 4.97. The van der Waals surface area contributed by atoms with E-state index < -0.39 is 0 Å². The number of rotatable bonds is 4. The van der Waals surface area contributed by atoms with Gasteiger partial charge in [-0.15, -0.1) is 4.37 Å². The van der Waals surface area contributed by atoms with E-state index in [-0.39, 0.29) is 6.03 Å². The molecular formula is C16H26N4O2S. The number of hydrogen-bond acceptors (Lipinski definition) is 5. The number of carbonyl (C=O) groups excluding carboxylic acids is 1. The topological polar surface area (TPSA) is 67.3 Å². The summed E-state index contributed by atoms with van der Waals surface area (Å²) in [6.45, 7) is 0. The third-order valence-corrected chi connectivity index (χ3v) is 5.59. The number of amides is 2. The molecule has 3 rings (SSSR count). The van der Waals surface area contributed by atoms with Gasteiger partial charge < -0.3 is 9.64 Å². The SMILES string of the molecule is COc1nsc(NC(=O)N(C2CCCCC2)C2CCCCC2)n1. The van der Waals surface area contributed by atoms with Crippen molar-refractivity contribution < 1.29 is 9.53 Å². The number of ether oxygens (including phenoxy) is 1. The second-order valence-corrected chi connectivity index (χ2v) is 7.26. The largest absolute Gasteiger partial charge is 0.466 e. The molecule has 0 aromatic carbocycles. The Morgan fingerprint density at radius 1 is 1.09 bits per heavy atom. The van der Waals surface area contributed by atoms with Gasteiger partial charge in [0.1, 0.15) is 0 Å². The molecule has 7 heteroatoms. The first-order valence-corrected chi connectivity index (χ1v) is 9.52. The predicted octanol–water partition coefficient (Wildman–Crippen LogP) is 4.05. The molecular weight excluding hydrogens is 312 g/mol. The van der Waals surface area contributed by atoms with Crippen LogP contribution < -0.4 is 10.1 Å². The number of methoxy groups -OCH3 is 1. The van der Waals surface area contributed by atoms with Gasteiger partial charge in [0.25, 0.3) is 0 Å². The van der Waals surface area contributed by atoms with Crippen LogP contribution in [0.5, 0.6) is 6.01 Å². The first kappa shape index (κ1) is 16.5. The van der Waals surface area contributed by atoms with Crippen LogP contribution in [0.25, 0.3) is 0 Å². The minimum atomic E-state index is -0.0115. The average molecular weight is 338 g/mol. The van der Waals surface area contributed by atoms with Crippen molar-refractivity contribution >= 4 is 22.7 Å². The highest BCUT2D eigenvalue weighted by molar-refractivity contribution is 7.10. The van der Waals surface area contributed by atoms with Crippen molar-refractivity contribution in [2.75, 3.05) is 12.4 Å². The molecule has 0 aliphatic heterocycles. The summed E-state index contributed by atoms with van der Waals surface area (Å²) in [6, 6.07) is 1.05. The van der Waals surface area contributed by atoms with Crippen LogP contribution in [-0.4, -0.2) is 39.5 Å². The molecule has 1 aromatic rings. The lowest BCUT2D eigenvalue weighted by atomic mass is 9.89. The molecule has 2 aliphatic rings. The minimum Gasteiger partial charge on any atom is -0.466 e. The van der Waals surface area contributed by atoms with Gasteiger partial charge >= 0.3 is 12.0 Å². The van der Waals surface area contributed by atoms with E-state index in [0.29, 0.717) is 23.2 Å². The maximum atomic E-state index is 12.9.